The first-order chi connectivity index (χ1) is 2.00. The van der Waals surface area contributed by atoms with Crippen LogP contribution >= 0.6 is 0 Å². The van der Waals surface area contributed by atoms with Crippen LogP contribution in [0.4, 0.5) is 3.89 Å². The summed E-state index contributed by atoms with van der Waals surface area (Å²) < 4.78 is 35.3. The third kappa shape index (κ3) is 2390. The molecule has 0 amide bonds. The molecular weight excluding hydrogens is 135 g/mol. The fraction of sp³-hybridized carbons (Fsp3) is 0. The highest BCUT2D eigenvalue weighted by Gasteiger charge is 1.73. The van der Waals surface area contributed by atoms with Gasteiger partial charge in [0.15, 0.2) is 0 Å². The fourth-order valence-electron chi connectivity index (χ4n) is 0. The van der Waals surface area contributed by atoms with Crippen molar-refractivity contribution in [3.05, 3.63) is 0 Å². The number of hydrogen-bond acceptors (Lipinski definition) is 3. The van der Waals surface area contributed by atoms with Gasteiger partial charge in [0, 0.05) is 0 Å². The van der Waals surface area contributed by atoms with E-state index in [9.17, 15) is 3.89 Å². The molecule has 0 aromatic rings. The van der Waals surface area contributed by atoms with E-state index in [0.717, 1.165) is 0 Å². The molecule has 0 aliphatic heterocycles. The Hall–Kier alpha value is 0.130. The zero-order chi connectivity index (χ0) is 4.50. The highest BCUT2D eigenvalue weighted by Crippen LogP contribution is 1.73. The molecule has 0 fully saturated rings. The summed E-state index contributed by atoms with van der Waals surface area (Å²) in [6.07, 6.45) is 0. The van der Waals surface area contributed by atoms with Gasteiger partial charge in [-0.2, -0.15) is 0 Å². The molecule has 6 heteroatoms. The van der Waals surface area contributed by atoms with Crippen LogP contribution in [0.2, 0.25) is 0 Å². The van der Waals surface area contributed by atoms with E-state index in [0.29, 0.717) is 0 Å². The summed E-state index contributed by atoms with van der Waals surface area (Å²) in [5.41, 5.74) is 0. The second kappa shape index (κ2) is 2.33. The molecular formula is ClFO3S. The van der Waals surface area contributed by atoms with E-state index in [1.807, 2.05) is 0 Å². The predicted molar refractivity (Wildman–Crippen MR) is 10.8 cm³/mol. The largest absolute Gasteiger partial charge is 1.00 e. The normalized spacial score (nSPS) is 9.67. The van der Waals surface area contributed by atoms with Crippen molar-refractivity contribution in [3.63, 3.8) is 0 Å². The molecule has 2 radical (unpaired) electrons. The molecule has 38 valence electrons. The van der Waals surface area contributed by atoms with E-state index in [2.05, 4.69) is 0 Å². The number of rotatable bonds is 0. The monoisotopic (exact) mass is 134 g/mol. The molecule has 0 saturated carbocycles. The summed E-state index contributed by atoms with van der Waals surface area (Å²) in [5, 5.41) is 0. The first-order valence-electron chi connectivity index (χ1n) is 0.654. The summed E-state index contributed by atoms with van der Waals surface area (Å²) in [7, 11) is -5.42. The van der Waals surface area contributed by atoms with Crippen molar-refractivity contribution in [3.8, 4) is 0 Å². The fourth-order valence-corrected chi connectivity index (χ4v) is 0. The Labute approximate surface area is 40.6 Å². The number of hydrogen-bond donors (Lipinski definition) is 0. The van der Waals surface area contributed by atoms with Crippen LogP contribution in [0.3, 0.4) is 0 Å². The minimum atomic E-state index is -5.42. The number of halogens is 2. The van der Waals surface area contributed by atoms with Crippen molar-refractivity contribution in [2.75, 3.05) is 0 Å². The molecule has 0 rings (SSSR count). The van der Waals surface area contributed by atoms with E-state index in [1.165, 1.54) is 0 Å². The van der Waals surface area contributed by atoms with Gasteiger partial charge in [-0.3, -0.25) is 0 Å². The molecule has 0 unspecified atom stereocenters. The van der Waals surface area contributed by atoms with E-state index in [1.54, 1.807) is 0 Å². The van der Waals surface area contributed by atoms with Crippen molar-refractivity contribution in [1.82, 2.24) is 0 Å². The SMILES string of the molecule is O=S(=O)([O-])F.[Cl+]. The molecule has 0 bridgehead atoms. The topological polar surface area (TPSA) is 57.2 Å². The second-order valence-corrected chi connectivity index (χ2v) is 1.18. The van der Waals surface area contributed by atoms with Crippen LogP contribution in [-0.4, -0.2) is 13.0 Å². The van der Waals surface area contributed by atoms with Gasteiger partial charge in [-0.15, -0.1) is 3.89 Å². The highest BCUT2D eigenvalue weighted by molar-refractivity contribution is 7.80. The standard InChI is InChI=1S/Cl.FHO3S/c;1-5(2,3)4/h;(H,2,3,4)/q+1;/p-1. The zero-order valence-electron chi connectivity index (χ0n) is 2.39. The van der Waals surface area contributed by atoms with E-state index in [-0.39, 0.29) is 12.4 Å². The Morgan fingerprint density at radius 3 is 1.50 bits per heavy atom. The summed E-state index contributed by atoms with van der Waals surface area (Å²) in [6, 6.07) is 0. The molecule has 0 aromatic heterocycles. The van der Waals surface area contributed by atoms with Crippen LogP contribution in [0, 0.1) is 12.4 Å². The lowest BCUT2D eigenvalue weighted by Crippen LogP contribution is -1.81. The first kappa shape index (κ1) is 9.46. The highest BCUT2D eigenvalue weighted by atomic mass is 35.5. The van der Waals surface area contributed by atoms with Crippen LogP contribution in [0.1, 0.15) is 0 Å². The third-order valence-electron chi connectivity index (χ3n) is 0. The second-order valence-electron chi connectivity index (χ2n) is 0.393. The maximum absolute atomic E-state index is 10.1. The Balaban J connectivity index is 0. The van der Waals surface area contributed by atoms with E-state index in [4.69, 9.17) is 13.0 Å². The van der Waals surface area contributed by atoms with Crippen molar-refractivity contribution in [2.45, 2.75) is 0 Å². The van der Waals surface area contributed by atoms with Crippen LogP contribution in [-0.2, 0) is 10.5 Å². The molecule has 0 spiro atoms. The maximum atomic E-state index is 10.1. The van der Waals surface area contributed by atoms with Crippen LogP contribution in [0.5, 0.6) is 0 Å². The van der Waals surface area contributed by atoms with Gasteiger partial charge in [0.25, 0.3) is 10.5 Å². The average molecular weight is 135 g/mol. The van der Waals surface area contributed by atoms with Gasteiger partial charge in [0.2, 0.25) is 0 Å². The molecule has 0 heterocycles. The van der Waals surface area contributed by atoms with Gasteiger partial charge in [-0.1, -0.05) is 0 Å². The molecule has 3 nitrogen and oxygen atoms in total. The maximum Gasteiger partial charge on any atom is 1.00 e. The molecule has 0 atom stereocenters. The lowest BCUT2D eigenvalue weighted by molar-refractivity contribution is -0.00000704. The molecule has 6 heavy (non-hydrogen) atoms. The lowest BCUT2D eigenvalue weighted by Gasteiger charge is -1.84. The smallest absolute Gasteiger partial charge is 0.722 e. The van der Waals surface area contributed by atoms with E-state index >= 15 is 0 Å². The van der Waals surface area contributed by atoms with Crippen LogP contribution in [0.25, 0.3) is 0 Å². The third-order valence-corrected chi connectivity index (χ3v) is 0. The summed E-state index contributed by atoms with van der Waals surface area (Å²) in [6.45, 7) is 0. The van der Waals surface area contributed by atoms with E-state index < -0.39 is 10.5 Å². The Morgan fingerprint density at radius 2 is 1.50 bits per heavy atom. The molecule has 0 aliphatic rings. The molecule has 0 aromatic carbocycles. The Bertz CT molecular complexity index is 94.0. The summed E-state index contributed by atoms with van der Waals surface area (Å²) in [4.78, 5) is 0. The average Bonchev–Trinajstić information content (AvgIpc) is 0.722. The van der Waals surface area contributed by atoms with Crippen LogP contribution in [0.15, 0.2) is 0 Å². The Morgan fingerprint density at radius 1 is 1.50 bits per heavy atom. The molecule has 0 aliphatic carbocycles. The van der Waals surface area contributed by atoms with Gasteiger partial charge >= 0.3 is 12.4 Å². The molecule has 0 N–H and O–H groups in total. The van der Waals surface area contributed by atoms with Crippen molar-refractivity contribution < 1.29 is 29.3 Å². The van der Waals surface area contributed by atoms with Crippen molar-refractivity contribution >= 4 is 10.5 Å². The van der Waals surface area contributed by atoms with Crippen molar-refractivity contribution in [2.24, 2.45) is 0 Å². The minimum absolute atomic E-state index is 0. The Kier molecular flexibility index (Phi) is 3.67. The minimum Gasteiger partial charge on any atom is -0.722 e. The summed E-state index contributed by atoms with van der Waals surface area (Å²) in [5.74, 6) is 0. The molecule has 0 saturated heterocycles. The first-order valence-corrected chi connectivity index (χ1v) is 1.96. The van der Waals surface area contributed by atoms with Gasteiger partial charge < -0.3 is 4.55 Å². The quantitative estimate of drug-likeness (QED) is 0.329. The van der Waals surface area contributed by atoms with Gasteiger partial charge in [0.1, 0.15) is 0 Å². The van der Waals surface area contributed by atoms with Crippen LogP contribution < -0.4 is 0 Å². The van der Waals surface area contributed by atoms with Gasteiger partial charge in [0.05, 0.1) is 0 Å². The zero-order valence-corrected chi connectivity index (χ0v) is 3.96. The lowest BCUT2D eigenvalue weighted by atomic mass is 15.9. The predicted octanol–water partition coefficient (Wildman–Crippen LogP) is -0.584. The summed E-state index contributed by atoms with van der Waals surface area (Å²) >= 11 is 0. The van der Waals surface area contributed by atoms with Gasteiger partial charge in [-0.25, -0.2) is 8.42 Å². The van der Waals surface area contributed by atoms with Gasteiger partial charge in [-0.05, 0) is 0 Å². The van der Waals surface area contributed by atoms with Crippen molar-refractivity contribution in [1.29, 1.82) is 0 Å².